The van der Waals surface area contributed by atoms with Crippen LogP contribution in [0.2, 0.25) is 0 Å². The summed E-state index contributed by atoms with van der Waals surface area (Å²) in [6.07, 6.45) is 7.08. The first-order valence-electron chi connectivity index (χ1n) is 5.89. The Bertz CT molecular complexity index is 454. The quantitative estimate of drug-likeness (QED) is 0.819. The molecule has 0 fully saturated rings. The van der Waals surface area contributed by atoms with Crippen molar-refractivity contribution in [3.05, 3.63) is 40.4 Å². The van der Waals surface area contributed by atoms with Gasteiger partial charge in [0.2, 0.25) is 5.91 Å². The first-order chi connectivity index (χ1) is 8.16. The van der Waals surface area contributed by atoms with Crippen LogP contribution in [-0.2, 0) is 4.79 Å². The van der Waals surface area contributed by atoms with Crippen LogP contribution < -0.4 is 5.32 Å². The summed E-state index contributed by atoms with van der Waals surface area (Å²) >= 11 is 3.42. The third-order valence-electron chi connectivity index (χ3n) is 3.09. The molecule has 1 N–H and O–H groups in total. The summed E-state index contributed by atoms with van der Waals surface area (Å²) in [6, 6.07) is 5.90. The third-order valence-corrected chi connectivity index (χ3v) is 3.58. The van der Waals surface area contributed by atoms with E-state index < -0.39 is 0 Å². The summed E-state index contributed by atoms with van der Waals surface area (Å²) in [5.41, 5.74) is 1.99. The summed E-state index contributed by atoms with van der Waals surface area (Å²) in [7, 11) is 0. The van der Waals surface area contributed by atoms with Crippen molar-refractivity contribution in [2.75, 3.05) is 5.32 Å². The number of carbonyl (C=O) groups excluding carboxylic acids is 1. The molecule has 0 aromatic heterocycles. The molecule has 0 spiro atoms. The van der Waals surface area contributed by atoms with Crippen LogP contribution in [0.4, 0.5) is 5.69 Å². The van der Waals surface area contributed by atoms with E-state index in [4.69, 9.17) is 0 Å². The molecule has 0 bridgehead atoms. The van der Waals surface area contributed by atoms with E-state index in [0.717, 1.165) is 35.0 Å². The van der Waals surface area contributed by atoms with Gasteiger partial charge in [-0.1, -0.05) is 28.1 Å². The fourth-order valence-corrected chi connectivity index (χ4v) is 2.51. The van der Waals surface area contributed by atoms with E-state index >= 15 is 0 Å². The molecule has 1 aromatic rings. The van der Waals surface area contributed by atoms with Crippen LogP contribution in [0.1, 0.15) is 24.8 Å². The van der Waals surface area contributed by atoms with Gasteiger partial charge in [-0.2, -0.15) is 0 Å². The maximum Gasteiger partial charge on any atom is 0.227 e. The monoisotopic (exact) mass is 293 g/mol. The van der Waals surface area contributed by atoms with E-state index in [9.17, 15) is 4.79 Å². The summed E-state index contributed by atoms with van der Waals surface area (Å²) in [6.45, 7) is 2.00. The zero-order valence-electron chi connectivity index (χ0n) is 9.87. The fraction of sp³-hybridized carbons (Fsp3) is 0.357. The van der Waals surface area contributed by atoms with E-state index in [-0.39, 0.29) is 11.8 Å². The minimum Gasteiger partial charge on any atom is -0.326 e. The van der Waals surface area contributed by atoms with Crippen molar-refractivity contribution in [3.8, 4) is 0 Å². The summed E-state index contributed by atoms with van der Waals surface area (Å²) < 4.78 is 1.04. The number of halogens is 1. The van der Waals surface area contributed by atoms with E-state index in [1.807, 2.05) is 25.1 Å². The molecule has 0 aliphatic heterocycles. The molecule has 2 nitrogen and oxygen atoms in total. The summed E-state index contributed by atoms with van der Waals surface area (Å²) in [4.78, 5) is 12.0. The number of nitrogens with one attached hydrogen (secondary N) is 1. The predicted octanol–water partition coefficient (Wildman–Crippen LogP) is 4.05. The lowest BCUT2D eigenvalue weighted by molar-refractivity contribution is -0.120. The van der Waals surface area contributed by atoms with E-state index in [1.54, 1.807) is 0 Å². The maximum absolute atomic E-state index is 12.0. The van der Waals surface area contributed by atoms with Gasteiger partial charge < -0.3 is 5.32 Å². The topological polar surface area (TPSA) is 29.1 Å². The number of anilines is 1. The van der Waals surface area contributed by atoms with Crippen LogP contribution in [0.15, 0.2) is 34.8 Å². The Morgan fingerprint density at radius 1 is 1.41 bits per heavy atom. The molecule has 0 radical (unpaired) electrons. The van der Waals surface area contributed by atoms with E-state index in [1.165, 1.54) is 0 Å². The predicted molar refractivity (Wildman–Crippen MR) is 74.0 cm³/mol. The van der Waals surface area contributed by atoms with Gasteiger partial charge in [-0.05, 0) is 49.9 Å². The molecule has 2 rings (SSSR count). The molecule has 1 atom stereocenters. The van der Waals surface area contributed by atoms with Gasteiger partial charge in [-0.15, -0.1) is 0 Å². The number of hydrogen-bond donors (Lipinski definition) is 1. The molecule has 1 amide bonds. The van der Waals surface area contributed by atoms with E-state index in [2.05, 4.69) is 33.4 Å². The van der Waals surface area contributed by atoms with Crippen molar-refractivity contribution in [2.24, 2.45) is 5.92 Å². The van der Waals surface area contributed by atoms with Crippen molar-refractivity contribution in [1.29, 1.82) is 0 Å². The van der Waals surface area contributed by atoms with Crippen molar-refractivity contribution >= 4 is 27.5 Å². The number of rotatable bonds is 2. The molecule has 0 saturated carbocycles. The number of carbonyl (C=O) groups is 1. The zero-order valence-corrected chi connectivity index (χ0v) is 11.5. The van der Waals surface area contributed by atoms with E-state index in [0.29, 0.717) is 0 Å². The van der Waals surface area contributed by atoms with Gasteiger partial charge in [-0.25, -0.2) is 0 Å². The SMILES string of the molecule is Cc1cc(Br)ccc1NC(=O)[C@@H]1CC=CCC1. The average molecular weight is 294 g/mol. The smallest absolute Gasteiger partial charge is 0.227 e. The van der Waals surface area contributed by atoms with Crippen LogP contribution in [0.5, 0.6) is 0 Å². The summed E-state index contributed by atoms with van der Waals surface area (Å²) in [5.74, 6) is 0.266. The minimum absolute atomic E-state index is 0.128. The second-order valence-electron chi connectivity index (χ2n) is 4.43. The summed E-state index contributed by atoms with van der Waals surface area (Å²) in [5, 5.41) is 3.01. The largest absolute Gasteiger partial charge is 0.326 e. The lowest BCUT2D eigenvalue weighted by Gasteiger charge is -2.18. The van der Waals surface area contributed by atoms with Crippen LogP contribution in [0.25, 0.3) is 0 Å². The highest BCUT2D eigenvalue weighted by molar-refractivity contribution is 9.10. The standard InChI is InChI=1S/C14H16BrNO/c1-10-9-12(15)7-8-13(10)16-14(17)11-5-3-2-4-6-11/h2-3,7-9,11H,4-6H2,1H3,(H,16,17)/t11-/m1/s1. The highest BCUT2D eigenvalue weighted by Gasteiger charge is 2.18. The maximum atomic E-state index is 12.0. The Morgan fingerprint density at radius 2 is 2.24 bits per heavy atom. The Kier molecular flexibility index (Phi) is 4.00. The Labute approximate surface area is 110 Å². The highest BCUT2D eigenvalue weighted by atomic mass is 79.9. The normalized spacial score (nSPS) is 19.1. The Balaban J connectivity index is 2.05. The number of benzene rings is 1. The number of amides is 1. The molecule has 0 saturated heterocycles. The molecule has 1 aliphatic rings. The zero-order chi connectivity index (χ0) is 12.3. The van der Waals surface area contributed by atoms with Crippen LogP contribution >= 0.6 is 15.9 Å². The lowest BCUT2D eigenvalue weighted by atomic mass is 9.93. The molecule has 90 valence electrons. The van der Waals surface area contributed by atoms with Gasteiger partial charge >= 0.3 is 0 Å². The van der Waals surface area contributed by atoms with Gasteiger partial charge in [-0.3, -0.25) is 4.79 Å². The lowest BCUT2D eigenvalue weighted by Crippen LogP contribution is -2.23. The minimum atomic E-state index is 0.128. The first-order valence-corrected chi connectivity index (χ1v) is 6.68. The van der Waals surface area contributed by atoms with Crippen molar-refractivity contribution in [3.63, 3.8) is 0 Å². The van der Waals surface area contributed by atoms with Crippen molar-refractivity contribution in [1.82, 2.24) is 0 Å². The van der Waals surface area contributed by atoms with Crippen LogP contribution in [-0.4, -0.2) is 5.91 Å². The van der Waals surface area contributed by atoms with Gasteiger partial charge in [0.25, 0.3) is 0 Å². The second kappa shape index (κ2) is 5.50. The van der Waals surface area contributed by atoms with Crippen molar-refractivity contribution < 1.29 is 4.79 Å². The van der Waals surface area contributed by atoms with Gasteiger partial charge in [0.15, 0.2) is 0 Å². The number of aryl methyl sites for hydroxylation is 1. The molecule has 1 aromatic carbocycles. The molecular formula is C14H16BrNO. The molecule has 3 heteroatoms. The number of allylic oxidation sites excluding steroid dienone is 2. The van der Waals surface area contributed by atoms with Crippen molar-refractivity contribution in [2.45, 2.75) is 26.2 Å². The second-order valence-corrected chi connectivity index (χ2v) is 5.35. The average Bonchev–Trinajstić information content (AvgIpc) is 2.34. The Morgan fingerprint density at radius 3 is 2.88 bits per heavy atom. The van der Waals surface area contributed by atoms with Crippen LogP contribution in [0, 0.1) is 12.8 Å². The molecule has 1 aliphatic carbocycles. The van der Waals surface area contributed by atoms with Gasteiger partial charge in [0.05, 0.1) is 0 Å². The fourth-order valence-electron chi connectivity index (χ4n) is 2.03. The molecule has 0 heterocycles. The van der Waals surface area contributed by atoms with Crippen LogP contribution in [0.3, 0.4) is 0 Å². The third kappa shape index (κ3) is 3.19. The molecule has 17 heavy (non-hydrogen) atoms. The highest BCUT2D eigenvalue weighted by Crippen LogP contribution is 2.23. The first kappa shape index (κ1) is 12.4. The van der Waals surface area contributed by atoms with Gasteiger partial charge in [0, 0.05) is 16.1 Å². The molecular weight excluding hydrogens is 278 g/mol. The Hall–Kier alpha value is -1.09. The van der Waals surface area contributed by atoms with Gasteiger partial charge in [0.1, 0.15) is 0 Å². The number of hydrogen-bond acceptors (Lipinski definition) is 1. The molecule has 0 unspecified atom stereocenters.